The maximum atomic E-state index is 15.4. The van der Waals surface area contributed by atoms with Crippen molar-refractivity contribution >= 4 is 28.4 Å². The number of carbonyl (C=O) groups is 1. The van der Waals surface area contributed by atoms with E-state index in [0.29, 0.717) is 16.7 Å². The molecule has 0 radical (unpaired) electrons. The minimum atomic E-state index is -0.992. The largest absolute Gasteiger partial charge is 0.359 e. The molecule has 0 aliphatic carbocycles. The predicted octanol–water partition coefficient (Wildman–Crippen LogP) is 4.95. The van der Waals surface area contributed by atoms with Crippen molar-refractivity contribution in [3.8, 4) is 28.5 Å². The van der Waals surface area contributed by atoms with Gasteiger partial charge in [0, 0.05) is 23.7 Å². The number of pyridine rings is 1. The number of benzene rings is 3. The van der Waals surface area contributed by atoms with E-state index in [0.717, 1.165) is 6.07 Å². The molecule has 0 spiro atoms. The molecule has 0 unspecified atom stereocenters. The molecule has 1 heterocycles. The Bertz CT molecular complexity index is 1510. The number of H-pyrrole nitrogens is 1. The first-order valence-corrected chi connectivity index (χ1v) is 10.2. The van der Waals surface area contributed by atoms with E-state index in [1.54, 1.807) is 12.1 Å². The lowest BCUT2D eigenvalue weighted by atomic mass is 9.98. The summed E-state index contributed by atoms with van der Waals surface area (Å²) in [5, 5.41) is 11.6. The van der Waals surface area contributed by atoms with Gasteiger partial charge in [-0.25, -0.2) is 8.78 Å². The zero-order valence-electron chi connectivity index (χ0n) is 17.3. The monoisotopic (exact) mass is 463 g/mol. The summed E-state index contributed by atoms with van der Waals surface area (Å²) in [7, 11) is 1.52. The fraction of sp³-hybridized carbons (Fsp3) is 0.0800. The number of rotatable bonds is 4. The number of nitrogens with zero attached hydrogens (tertiary/aromatic N) is 1. The van der Waals surface area contributed by atoms with Gasteiger partial charge in [0.05, 0.1) is 40.2 Å². The van der Waals surface area contributed by atoms with E-state index in [-0.39, 0.29) is 45.1 Å². The Kier molecular flexibility index (Phi) is 5.95. The Labute approximate surface area is 192 Å². The quantitative estimate of drug-likeness (QED) is 0.449. The molecule has 0 aliphatic heterocycles. The summed E-state index contributed by atoms with van der Waals surface area (Å²) in [6.45, 7) is 0. The van der Waals surface area contributed by atoms with Gasteiger partial charge < -0.3 is 10.3 Å². The molecular formula is C25H16ClF2N3O2. The lowest BCUT2D eigenvalue weighted by Crippen LogP contribution is -2.19. The number of hydrogen-bond donors (Lipinski definition) is 2. The first-order chi connectivity index (χ1) is 15.8. The van der Waals surface area contributed by atoms with Crippen LogP contribution in [-0.4, -0.2) is 17.9 Å². The molecule has 8 heteroatoms. The van der Waals surface area contributed by atoms with Crippen molar-refractivity contribution in [3.05, 3.63) is 92.6 Å². The van der Waals surface area contributed by atoms with Gasteiger partial charge in [0.25, 0.3) is 0 Å². The van der Waals surface area contributed by atoms with Gasteiger partial charge in [0.1, 0.15) is 11.6 Å². The average Bonchev–Trinajstić information content (AvgIpc) is 2.79. The van der Waals surface area contributed by atoms with Crippen LogP contribution in [0.25, 0.3) is 33.3 Å². The third-order valence-corrected chi connectivity index (χ3v) is 5.61. The van der Waals surface area contributed by atoms with Crippen molar-refractivity contribution in [2.24, 2.45) is 0 Å². The molecule has 33 heavy (non-hydrogen) atoms. The van der Waals surface area contributed by atoms with Crippen molar-refractivity contribution in [1.29, 1.82) is 5.26 Å². The van der Waals surface area contributed by atoms with Crippen LogP contribution in [0.1, 0.15) is 11.1 Å². The number of amides is 1. The molecule has 4 rings (SSSR count). The third-order valence-electron chi connectivity index (χ3n) is 5.28. The van der Waals surface area contributed by atoms with E-state index in [9.17, 15) is 14.0 Å². The van der Waals surface area contributed by atoms with Gasteiger partial charge in [-0.2, -0.15) is 5.26 Å². The van der Waals surface area contributed by atoms with Crippen molar-refractivity contribution < 1.29 is 13.6 Å². The average molecular weight is 464 g/mol. The minimum absolute atomic E-state index is 0.0362. The number of aromatic amines is 1. The molecule has 0 saturated carbocycles. The molecule has 4 aromatic rings. The van der Waals surface area contributed by atoms with Crippen LogP contribution in [0.3, 0.4) is 0 Å². The van der Waals surface area contributed by atoms with Crippen molar-refractivity contribution in [1.82, 2.24) is 10.3 Å². The summed E-state index contributed by atoms with van der Waals surface area (Å²) < 4.78 is 30.4. The molecule has 0 bridgehead atoms. The minimum Gasteiger partial charge on any atom is -0.359 e. The number of halogens is 3. The molecule has 1 amide bonds. The summed E-state index contributed by atoms with van der Waals surface area (Å²) in [5.41, 5.74) is 0.809. The summed E-state index contributed by atoms with van der Waals surface area (Å²) in [4.78, 5) is 27.2. The Morgan fingerprint density at radius 3 is 2.52 bits per heavy atom. The number of aromatic nitrogens is 1. The molecule has 0 aliphatic rings. The van der Waals surface area contributed by atoms with Gasteiger partial charge in [-0.3, -0.25) is 9.59 Å². The maximum Gasteiger partial charge on any atom is 0.224 e. The highest BCUT2D eigenvalue weighted by molar-refractivity contribution is 6.33. The summed E-state index contributed by atoms with van der Waals surface area (Å²) >= 11 is 6.21. The summed E-state index contributed by atoms with van der Waals surface area (Å²) in [6, 6.07) is 14.9. The molecule has 0 saturated heterocycles. The van der Waals surface area contributed by atoms with Gasteiger partial charge in [-0.15, -0.1) is 0 Å². The maximum absolute atomic E-state index is 15.4. The zero-order chi connectivity index (χ0) is 23.7. The normalized spacial score (nSPS) is 10.8. The van der Waals surface area contributed by atoms with E-state index in [1.807, 2.05) is 6.07 Å². The lowest BCUT2D eigenvalue weighted by molar-refractivity contribution is -0.119. The molecule has 2 N–H and O–H groups in total. The topological polar surface area (TPSA) is 85.8 Å². The summed E-state index contributed by atoms with van der Waals surface area (Å²) in [5.74, 6) is -2.04. The van der Waals surface area contributed by atoms with Crippen molar-refractivity contribution in [3.63, 3.8) is 0 Å². The van der Waals surface area contributed by atoms with Crippen LogP contribution in [-0.2, 0) is 11.2 Å². The number of likely N-dealkylation sites (N-methyl/N-ethyl adjacent to an activating group) is 1. The second-order valence-corrected chi connectivity index (χ2v) is 7.78. The number of carbonyl (C=O) groups excluding carboxylic acids is 1. The van der Waals surface area contributed by atoms with Crippen molar-refractivity contribution in [2.75, 3.05) is 7.05 Å². The Balaban J connectivity index is 1.84. The standard InChI is InChI=1S/C25H16ClF2N3O2/c1-30-22(33)9-13-2-5-15(6-3-13)23-18(27)10-20-24(25(23)28)21(32)11-19(31-20)16-8-14(12-29)4-7-17(16)26/h2-8,10-11H,9H2,1H3,(H,30,33)(H,31,32). The Morgan fingerprint density at radius 1 is 1.12 bits per heavy atom. The number of nitriles is 1. The van der Waals surface area contributed by atoms with E-state index >= 15 is 4.39 Å². The summed E-state index contributed by atoms with van der Waals surface area (Å²) in [6.07, 6.45) is 0.136. The molecule has 3 aromatic carbocycles. The highest BCUT2D eigenvalue weighted by Gasteiger charge is 2.19. The second kappa shape index (κ2) is 8.85. The SMILES string of the molecule is CNC(=O)Cc1ccc(-c2c(F)cc3[nH]c(-c4cc(C#N)ccc4Cl)cc(=O)c3c2F)cc1. The Hall–Kier alpha value is -4.02. The van der Waals surface area contributed by atoms with Crippen LogP contribution >= 0.6 is 11.6 Å². The van der Waals surface area contributed by atoms with Gasteiger partial charge in [0.15, 0.2) is 5.43 Å². The lowest BCUT2D eigenvalue weighted by Gasteiger charge is -2.12. The van der Waals surface area contributed by atoms with Crippen LogP contribution in [0.2, 0.25) is 5.02 Å². The first-order valence-electron chi connectivity index (χ1n) is 9.87. The number of hydrogen-bond acceptors (Lipinski definition) is 3. The molecule has 0 atom stereocenters. The van der Waals surface area contributed by atoms with Crippen LogP contribution in [0, 0.1) is 23.0 Å². The first kappa shape index (κ1) is 22.2. The van der Waals surface area contributed by atoms with Crippen LogP contribution < -0.4 is 10.7 Å². The van der Waals surface area contributed by atoms with E-state index in [1.165, 1.54) is 43.4 Å². The van der Waals surface area contributed by atoms with Crippen LogP contribution in [0.4, 0.5) is 8.78 Å². The highest BCUT2D eigenvalue weighted by atomic mass is 35.5. The number of nitrogens with one attached hydrogen (secondary N) is 2. The Morgan fingerprint density at radius 2 is 1.85 bits per heavy atom. The predicted molar refractivity (Wildman–Crippen MR) is 123 cm³/mol. The smallest absolute Gasteiger partial charge is 0.224 e. The van der Waals surface area contributed by atoms with E-state index < -0.39 is 17.1 Å². The zero-order valence-corrected chi connectivity index (χ0v) is 18.1. The highest BCUT2D eigenvalue weighted by Crippen LogP contribution is 2.33. The van der Waals surface area contributed by atoms with Crippen LogP contribution in [0.15, 0.2) is 59.4 Å². The molecule has 5 nitrogen and oxygen atoms in total. The second-order valence-electron chi connectivity index (χ2n) is 7.37. The molecule has 164 valence electrons. The molecule has 0 fully saturated rings. The molecule has 1 aromatic heterocycles. The van der Waals surface area contributed by atoms with Gasteiger partial charge in [-0.05, 0) is 35.4 Å². The van der Waals surface area contributed by atoms with Gasteiger partial charge in [0.2, 0.25) is 5.91 Å². The van der Waals surface area contributed by atoms with E-state index in [4.69, 9.17) is 16.9 Å². The third kappa shape index (κ3) is 4.21. The van der Waals surface area contributed by atoms with Gasteiger partial charge in [-0.1, -0.05) is 35.9 Å². The number of fused-ring (bicyclic) bond motifs is 1. The fourth-order valence-corrected chi connectivity index (χ4v) is 3.84. The van der Waals surface area contributed by atoms with Crippen LogP contribution in [0.5, 0.6) is 0 Å². The van der Waals surface area contributed by atoms with Crippen molar-refractivity contribution in [2.45, 2.75) is 6.42 Å². The fourth-order valence-electron chi connectivity index (χ4n) is 3.62. The van der Waals surface area contributed by atoms with E-state index in [2.05, 4.69) is 10.3 Å². The molecular weight excluding hydrogens is 448 g/mol. The van der Waals surface area contributed by atoms with Gasteiger partial charge >= 0.3 is 0 Å².